The first-order valence-corrected chi connectivity index (χ1v) is 12.6. The van der Waals surface area contributed by atoms with E-state index in [1.807, 2.05) is 26.0 Å². The molecule has 0 amide bonds. The van der Waals surface area contributed by atoms with Crippen LogP contribution in [0.4, 0.5) is 0 Å². The smallest absolute Gasteiger partial charge is 0.191 e. The summed E-state index contributed by atoms with van der Waals surface area (Å²) in [7, 11) is 0. The maximum atomic E-state index is 6.26. The Morgan fingerprint density at radius 2 is 1.88 bits per heavy atom. The minimum absolute atomic E-state index is 0.357. The molecule has 0 aliphatic carbocycles. The van der Waals surface area contributed by atoms with Crippen molar-refractivity contribution in [1.29, 1.82) is 0 Å². The fourth-order valence-electron chi connectivity index (χ4n) is 3.41. The third-order valence-electron chi connectivity index (χ3n) is 5.05. The summed E-state index contributed by atoms with van der Waals surface area (Å²) >= 11 is 9.58. The van der Waals surface area contributed by atoms with Gasteiger partial charge in [0.2, 0.25) is 0 Å². The molecule has 0 unspecified atom stereocenters. The van der Waals surface area contributed by atoms with Gasteiger partial charge in [-0.15, -0.1) is 21.5 Å². The van der Waals surface area contributed by atoms with Gasteiger partial charge in [0.25, 0.3) is 0 Å². The minimum atomic E-state index is 0.357. The first-order chi connectivity index (χ1) is 15.4. The Balaban J connectivity index is 1.41. The Kier molecular flexibility index (Phi) is 7.18. The quantitative estimate of drug-likeness (QED) is 0.255. The number of hydrogen-bond donors (Lipinski definition) is 0. The molecule has 166 valence electrons. The molecule has 0 bridgehead atoms. The first kappa shape index (κ1) is 22.8. The van der Waals surface area contributed by atoms with E-state index < -0.39 is 0 Å². The number of hydrogen-bond acceptors (Lipinski definition) is 6. The van der Waals surface area contributed by atoms with Gasteiger partial charge in [-0.2, -0.15) is 0 Å². The number of rotatable bonds is 8. The Hall–Kier alpha value is -2.35. The van der Waals surface area contributed by atoms with E-state index in [0.29, 0.717) is 6.61 Å². The lowest BCUT2D eigenvalue weighted by Crippen LogP contribution is -2.07. The Morgan fingerprint density at radius 3 is 2.59 bits per heavy atom. The molecule has 8 heteroatoms. The van der Waals surface area contributed by atoms with Gasteiger partial charge < -0.3 is 9.30 Å². The lowest BCUT2D eigenvalue weighted by Gasteiger charge is -2.11. The van der Waals surface area contributed by atoms with Crippen LogP contribution >= 0.6 is 34.7 Å². The molecule has 0 spiro atoms. The summed E-state index contributed by atoms with van der Waals surface area (Å²) in [4.78, 5) is 4.80. The lowest BCUT2D eigenvalue weighted by atomic mass is 10.1. The van der Waals surface area contributed by atoms with E-state index in [4.69, 9.17) is 21.3 Å². The summed E-state index contributed by atoms with van der Waals surface area (Å²) in [5.74, 6) is 2.34. The molecule has 4 rings (SSSR count). The molecule has 0 N–H and O–H groups in total. The molecule has 2 aromatic carbocycles. The SMILES string of the molecule is CCn1c(COc2cc(C)c(Cl)c(C)c2)nnc1SCc1csc(-c2cccc(C)c2)n1. The number of ether oxygens (including phenoxy) is 1. The van der Waals surface area contributed by atoms with Crippen molar-refractivity contribution in [2.75, 3.05) is 0 Å². The van der Waals surface area contributed by atoms with Gasteiger partial charge in [-0.1, -0.05) is 47.1 Å². The predicted molar refractivity (Wildman–Crippen MR) is 133 cm³/mol. The van der Waals surface area contributed by atoms with Crippen molar-refractivity contribution in [3.05, 3.63) is 75.0 Å². The highest BCUT2D eigenvalue weighted by molar-refractivity contribution is 7.98. The molecule has 32 heavy (non-hydrogen) atoms. The molecular formula is C24H25ClN4OS2. The molecule has 0 saturated carbocycles. The zero-order valence-electron chi connectivity index (χ0n) is 18.6. The van der Waals surface area contributed by atoms with Gasteiger partial charge in [-0.3, -0.25) is 0 Å². The van der Waals surface area contributed by atoms with Crippen molar-refractivity contribution in [3.63, 3.8) is 0 Å². The molecule has 4 aromatic rings. The minimum Gasteiger partial charge on any atom is -0.486 e. The number of aryl methyl sites for hydroxylation is 3. The van der Waals surface area contributed by atoms with Crippen LogP contribution in [0.2, 0.25) is 5.02 Å². The van der Waals surface area contributed by atoms with E-state index >= 15 is 0 Å². The Bertz CT molecular complexity index is 1210. The average molecular weight is 485 g/mol. The number of benzene rings is 2. The van der Waals surface area contributed by atoms with Crippen LogP contribution in [0.1, 0.15) is 35.1 Å². The maximum absolute atomic E-state index is 6.26. The van der Waals surface area contributed by atoms with Crippen LogP contribution < -0.4 is 4.74 Å². The normalized spacial score (nSPS) is 11.2. The van der Waals surface area contributed by atoms with Crippen LogP contribution in [-0.2, 0) is 18.9 Å². The fourth-order valence-corrected chi connectivity index (χ4v) is 5.36. The number of thiazole rings is 1. The van der Waals surface area contributed by atoms with Gasteiger partial charge >= 0.3 is 0 Å². The van der Waals surface area contributed by atoms with E-state index in [1.165, 1.54) is 5.56 Å². The number of nitrogens with zero attached hydrogens (tertiary/aromatic N) is 4. The molecule has 0 aliphatic heterocycles. The Labute approximate surface area is 201 Å². The molecular weight excluding hydrogens is 460 g/mol. The van der Waals surface area contributed by atoms with Crippen LogP contribution in [0, 0.1) is 20.8 Å². The van der Waals surface area contributed by atoms with Gasteiger partial charge in [0, 0.05) is 28.3 Å². The zero-order valence-corrected chi connectivity index (χ0v) is 20.9. The molecule has 5 nitrogen and oxygen atoms in total. The van der Waals surface area contributed by atoms with E-state index in [0.717, 1.165) is 61.4 Å². The molecule has 2 aromatic heterocycles. The monoisotopic (exact) mass is 484 g/mol. The van der Waals surface area contributed by atoms with Crippen LogP contribution in [0.3, 0.4) is 0 Å². The van der Waals surface area contributed by atoms with E-state index in [1.54, 1.807) is 23.1 Å². The first-order valence-electron chi connectivity index (χ1n) is 10.4. The molecule has 0 aliphatic rings. The summed E-state index contributed by atoms with van der Waals surface area (Å²) in [6, 6.07) is 12.3. The number of thioether (sulfide) groups is 1. The highest BCUT2D eigenvalue weighted by Crippen LogP contribution is 2.29. The fraction of sp³-hybridized carbons (Fsp3) is 0.292. The molecule has 0 radical (unpaired) electrons. The summed E-state index contributed by atoms with van der Waals surface area (Å²) in [6.45, 7) is 9.28. The van der Waals surface area contributed by atoms with Crippen molar-refractivity contribution >= 4 is 34.7 Å². The summed E-state index contributed by atoms with van der Waals surface area (Å²) in [5, 5.41) is 13.6. The third kappa shape index (κ3) is 5.17. The highest BCUT2D eigenvalue weighted by Gasteiger charge is 2.14. The molecule has 2 heterocycles. The van der Waals surface area contributed by atoms with Crippen LogP contribution in [0.15, 0.2) is 46.9 Å². The summed E-state index contributed by atoms with van der Waals surface area (Å²) < 4.78 is 8.08. The van der Waals surface area contributed by atoms with Crippen molar-refractivity contribution in [3.8, 4) is 16.3 Å². The lowest BCUT2D eigenvalue weighted by molar-refractivity contribution is 0.288. The van der Waals surface area contributed by atoms with Crippen molar-refractivity contribution < 1.29 is 4.74 Å². The Morgan fingerprint density at radius 1 is 1.09 bits per heavy atom. The zero-order chi connectivity index (χ0) is 22.7. The average Bonchev–Trinajstić information content (AvgIpc) is 3.41. The van der Waals surface area contributed by atoms with Gasteiger partial charge in [0.1, 0.15) is 17.4 Å². The number of aromatic nitrogens is 4. The van der Waals surface area contributed by atoms with Crippen LogP contribution in [0.25, 0.3) is 10.6 Å². The topological polar surface area (TPSA) is 52.8 Å². The van der Waals surface area contributed by atoms with Gasteiger partial charge in [-0.05, 0) is 57.0 Å². The molecule has 0 atom stereocenters. The largest absolute Gasteiger partial charge is 0.486 e. The van der Waals surface area contributed by atoms with Crippen LogP contribution in [0.5, 0.6) is 5.75 Å². The second-order valence-corrected chi connectivity index (χ2v) is 9.78. The molecule has 0 fully saturated rings. The number of halogens is 1. The second kappa shape index (κ2) is 10.1. The van der Waals surface area contributed by atoms with Crippen molar-refractivity contribution in [1.82, 2.24) is 19.7 Å². The van der Waals surface area contributed by atoms with E-state index in [9.17, 15) is 0 Å². The third-order valence-corrected chi connectivity index (χ3v) is 7.59. The van der Waals surface area contributed by atoms with Gasteiger partial charge in [-0.25, -0.2) is 4.98 Å². The standard InChI is InChI=1S/C24H25ClN4OS2/c1-5-29-21(12-30-20-10-16(3)22(25)17(4)11-20)27-28-24(29)32-14-19-13-31-23(26-19)18-8-6-7-15(2)9-18/h6-11,13H,5,12,14H2,1-4H3. The summed E-state index contributed by atoms with van der Waals surface area (Å²) in [5.41, 5.74) is 5.46. The maximum Gasteiger partial charge on any atom is 0.191 e. The highest BCUT2D eigenvalue weighted by atomic mass is 35.5. The van der Waals surface area contributed by atoms with Crippen molar-refractivity contribution in [2.24, 2.45) is 0 Å². The van der Waals surface area contributed by atoms with Gasteiger partial charge in [0.05, 0.1) is 5.69 Å². The van der Waals surface area contributed by atoms with Gasteiger partial charge in [0.15, 0.2) is 11.0 Å². The van der Waals surface area contributed by atoms with E-state index in [-0.39, 0.29) is 0 Å². The molecule has 0 saturated heterocycles. The summed E-state index contributed by atoms with van der Waals surface area (Å²) in [6.07, 6.45) is 0. The van der Waals surface area contributed by atoms with Crippen molar-refractivity contribution in [2.45, 2.75) is 51.8 Å². The van der Waals surface area contributed by atoms with Crippen LogP contribution in [-0.4, -0.2) is 19.7 Å². The van der Waals surface area contributed by atoms with E-state index in [2.05, 4.69) is 58.3 Å². The predicted octanol–water partition coefficient (Wildman–Crippen LogP) is 6.87. The second-order valence-electron chi connectivity index (χ2n) is 7.60.